The quantitative estimate of drug-likeness (QED) is 0.872. The van der Waals surface area contributed by atoms with E-state index >= 15 is 0 Å². The van der Waals surface area contributed by atoms with Crippen LogP contribution in [0.15, 0.2) is 64.4 Å². The number of rotatable bonds is 5. The summed E-state index contributed by atoms with van der Waals surface area (Å²) < 4.78 is 24.7. The van der Waals surface area contributed by atoms with E-state index in [1.807, 2.05) is 0 Å². The lowest BCUT2D eigenvalue weighted by molar-refractivity contribution is -0.138. The van der Waals surface area contributed by atoms with Gasteiger partial charge < -0.3 is 10.8 Å². The fourth-order valence-corrected chi connectivity index (χ4v) is 3.16. The van der Waals surface area contributed by atoms with E-state index < -0.39 is 21.8 Å². The second-order valence-electron chi connectivity index (χ2n) is 4.61. The first-order valence-corrected chi connectivity index (χ1v) is 7.77. The first kappa shape index (κ1) is 15.2. The van der Waals surface area contributed by atoms with E-state index in [-0.39, 0.29) is 16.2 Å². The Morgan fingerprint density at radius 3 is 2.05 bits per heavy atom. The monoisotopic (exact) mass is 305 g/mol. The van der Waals surface area contributed by atoms with Gasteiger partial charge in [0.05, 0.1) is 9.79 Å². The van der Waals surface area contributed by atoms with Gasteiger partial charge in [-0.2, -0.15) is 0 Å². The molecule has 0 heterocycles. The van der Waals surface area contributed by atoms with Crippen LogP contribution in [0.4, 0.5) is 0 Å². The van der Waals surface area contributed by atoms with Gasteiger partial charge in [0.25, 0.3) is 0 Å². The van der Waals surface area contributed by atoms with Crippen LogP contribution in [-0.2, 0) is 21.1 Å². The Morgan fingerprint density at radius 2 is 1.52 bits per heavy atom. The summed E-state index contributed by atoms with van der Waals surface area (Å²) >= 11 is 0. The first-order chi connectivity index (χ1) is 9.91. The van der Waals surface area contributed by atoms with Gasteiger partial charge in [-0.3, -0.25) is 4.79 Å². The molecule has 0 aliphatic carbocycles. The largest absolute Gasteiger partial charge is 0.480 e. The molecule has 0 radical (unpaired) electrons. The summed E-state index contributed by atoms with van der Waals surface area (Å²) in [5.74, 6) is -1.09. The Labute approximate surface area is 123 Å². The van der Waals surface area contributed by atoms with E-state index in [0.717, 1.165) is 0 Å². The maximum Gasteiger partial charge on any atom is 0.320 e. The molecule has 2 aromatic carbocycles. The van der Waals surface area contributed by atoms with E-state index in [0.29, 0.717) is 5.56 Å². The SMILES string of the molecule is NC(Cc1ccc(S(=O)(=O)c2ccccc2)cc1)C(=O)O. The van der Waals surface area contributed by atoms with Crippen molar-refractivity contribution in [2.75, 3.05) is 0 Å². The van der Waals surface area contributed by atoms with Crippen molar-refractivity contribution in [1.82, 2.24) is 0 Å². The van der Waals surface area contributed by atoms with Crippen molar-refractivity contribution in [3.05, 3.63) is 60.2 Å². The number of hydrogen-bond acceptors (Lipinski definition) is 4. The maximum atomic E-state index is 12.4. The molecule has 0 spiro atoms. The zero-order valence-corrected chi connectivity index (χ0v) is 12.0. The maximum absolute atomic E-state index is 12.4. The van der Waals surface area contributed by atoms with Crippen molar-refractivity contribution in [2.24, 2.45) is 5.73 Å². The van der Waals surface area contributed by atoms with E-state index in [9.17, 15) is 13.2 Å². The molecule has 1 unspecified atom stereocenters. The molecule has 6 heteroatoms. The fraction of sp³-hybridized carbons (Fsp3) is 0.133. The van der Waals surface area contributed by atoms with Gasteiger partial charge in [0.2, 0.25) is 9.84 Å². The van der Waals surface area contributed by atoms with Crippen molar-refractivity contribution >= 4 is 15.8 Å². The molecule has 2 rings (SSSR count). The zero-order valence-electron chi connectivity index (χ0n) is 11.1. The number of carbonyl (C=O) groups is 1. The highest BCUT2D eigenvalue weighted by atomic mass is 32.2. The summed E-state index contributed by atoms with van der Waals surface area (Å²) in [6.45, 7) is 0. The standard InChI is InChI=1S/C15H15NO4S/c16-14(15(17)18)10-11-6-8-13(9-7-11)21(19,20)12-4-2-1-3-5-12/h1-9,14H,10,16H2,(H,17,18). The van der Waals surface area contributed by atoms with Crippen molar-refractivity contribution in [3.8, 4) is 0 Å². The smallest absolute Gasteiger partial charge is 0.320 e. The highest BCUT2D eigenvalue weighted by Gasteiger charge is 2.17. The van der Waals surface area contributed by atoms with Gasteiger partial charge in [0.15, 0.2) is 0 Å². The van der Waals surface area contributed by atoms with Crippen molar-refractivity contribution in [2.45, 2.75) is 22.3 Å². The Bertz CT molecular complexity index is 724. The van der Waals surface area contributed by atoms with E-state index in [1.54, 1.807) is 30.3 Å². The number of benzene rings is 2. The number of carboxylic acid groups (broad SMARTS) is 1. The minimum Gasteiger partial charge on any atom is -0.480 e. The van der Waals surface area contributed by atoms with Crippen molar-refractivity contribution in [3.63, 3.8) is 0 Å². The van der Waals surface area contributed by atoms with Crippen LogP contribution in [-0.4, -0.2) is 25.5 Å². The number of aliphatic carboxylic acids is 1. The highest BCUT2D eigenvalue weighted by molar-refractivity contribution is 7.91. The van der Waals surface area contributed by atoms with Crippen LogP contribution < -0.4 is 5.73 Å². The number of sulfone groups is 1. The van der Waals surface area contributed by atoms with Gasteiger partial charge in [-0.1, -0.05) is 30.3 Å². The third-order valence-corrected chi connectivity index (χ3v) is 4.85. The lowest BCUT2D eigenvalue weighted by Crippen LogP contribution is -2.32. The van der Waals surface area contributed by atoms with Crippen molar-refractivity contribution in [1.29, 1.82) is 0 Å². The van der Waals surface area contributed by atoms with Crippen LogP contribution in [0, 0.1) is 0 Å². The second-order valence-corrected chi connectivity index (χ2v) is 6.56. The molecule has 0 aliphatic rings. The second kappa shape index (κ2) is 6.07. The summed E-state index contributed by atoms with van der Waals surface area (Å²) in [5, 5.41) is 8.75. The molecule has 0 saturated heterocycles. The molecular formula is C15H15NO4S. The van der Waals surface area contributed by atoms with Crippen LogP contribution in [0.5, 0.6) is 0 Å². The first-order valence-electron chi connectivity index (χ1n) is 6.29. The van der Waals surface area contributed by atoms with Gasteiger partial charge in [0, 0.05) is 0 Å². The third kappa shape index (κ3) is 3.48. The zero-order chi connectivity index (χ0) is 15.5. The Balaban J connectivity index is 2.25. The van der Waals surface area contributed by atoms with Gasteiger partial charge in [-0.15, -0.1) is 0 Å². The summed E-state index contributed by atoms with van der Waals surface area (Å²) in [4.78, 5) is 11.1. The molecule has 3 N–H and O–H groups in total. The summed E-state index contributed by atoms with van der Waals surface area (Å²) in [6.07, 6.45) is 0.154. The molecule has 5 nitrogen and oxygen atoms in total. The van der Waals surface area contributed by atoms with Gasteiger partial charge in [-0.25, -0.2) is 8.42 Å². The third-order valence-electron chi connectivity index (χ3n) is 3.06. The molecule has 1 atom stereocenters. The summed E-state index contributed by atoms with van der Waals surface area (Å²) in [5.41, 5.74) is 6.12. The predicted molar refractivity (Wildman–Crippen MR) is 77.7 cm³/mol. The van der Waals surface area contributed by atoms with E-state index in [1.165, 1.54) is 24.3 Å². The normalized spacial score (nSPS) is 12.8. The van der Waals surface area contributed by atoms with Crippen molar-refractivity contribution < 1.29 is 18.3 Å². The molecule has 21 heavy (non-hydrogen) atoms. The summed E-state index contributed by atoms with van der Waals surface area (Å²) in [7, 11) is -3.55. The highest BCUT2D eigenvalue weighted by Crippen LogP contribution is 2.21. The van der Waals surface area contributed by atoms with Gasteiger partial charge >= 0.3 is 5.97 Å². The lowest BCUT2D eigenvalue weighted by Gasteiger charge is -2.08. The molecular weight excluding hydrogens is 290 g/mol. The molecule has 0 fully saturated rings. The number of hydrogen-bond donors (Lipinski definition) is 2. The van der Waals surface area contributed by atoms with Crippen LogP contribution in [0.25, 0.3) is 0 Å². The summed E-state index contributed by atoms with van der Waals surface area (Å²) in [6, 6.07) is 13.2. The molecule has 0 bridgehead atoms. The fourth-order valence-electron chi connectivity index (χ4n) is 1.88. The van der Waals surface area contributed by atoms with E-state index in [2.05, 4.69) is 0 Å². The van der Waals surface area contributed by atoms with Crippen LogP contribution in [0.1, 0.15) is 5.56 Å². The topological polar surface area (TPSA) is 97.5 Å². The lowest BCUT2D eigenvalue weighted by atomic mass is 10.1. The molecule has 0 saturated carbocycles. The average molecular weight is 305 g/mol. The Hall–Kier alpha value is -2.18. The predicted octanol–water partition coefficient (Wildman–Crippen LogP) is 1.47. The van der Waals surface area contributed by atoms with E-state index in [4.69, 9.17) is 10.8 Å². The number of nitrogens with two attached hydrogens (primary N) is 1. The molecule has 0 amide bonds. The Morgan fingerprint density at radius 1 is 1.00 bits per heavy atom. The van der Waals surface area contributed by atoms with Crippen LogP contribution >= 0.6 is 0 Å². The van der Waals surface area contributed by atoms with Gasteiger partial charge in [0.1, 0.15) is 6.04 Å². The Kier molecular flexibility index (Phi) is 4.40. The molecule has 0 aromatic heterocycles. The molecule has 0 aliphatic heterocycles. The van der Waals surface area contributed by atoms with Crippen LogP contribution in [0.2, 0.25) is 0 Å². The molecule has 2 aromatic rings. The minimum atomic E-state index is -3.55. The average Bonchev–Trinajstić information content (AvgIpc) is 2.48. The number of carboxylic acids is 1. The molecule has 110 valence electrons. The van der Waals surface area contributed by atoms with Crippen LogP contribution in [0.3, 0.4) is 0 Å². The van der Waals surface area contributed by atoms with Gasteiger partial charge in [-0.05, 0) is 36.2 Å². The minimum absolute atomic E-state index is 0.154.